The molecule has 0 fully saturated rings. The van der Waals surface area contributed by atoms with E-state index in [1.54, 1.807) is 0 Å². The van der Waals surface area contributed by atoms with Crippen molar-refractivity contribution >= 4 is 45.9 Å². The molecule has 2 aromatic carbocycles. The summed E-state index contributed by atoms with van der Waals surface area (Å²) in [5.41, 5.74) is -0.735. The molecular formula is C19H12Cl2O6. The Hall–Kier alpha value is -2.83. The predicted molar refractivity (Wildman–Crippen MR) is 100 cm³/mol. The van der Waals surface area contributed by atoms with Crippen molar-refractivity contribution in [2.45, 2.75) is 6.92 Å². The van der Waals surface area contributed by atoms with Crippen LogP contribution < -0.4 is 15.1 Å². The number of Topliss-reactive ketones (excluding diaryl/α,β-unsaturated/α-hetero) is 1. The average molecular weight is 407 g/mol. The molecule has 1 aromatic heterocycles. The van der Waals surface area contributed by atoms with Crippen LogP contribution in [-0.2, 0) is 0 Å². The fourth-order valence-electron chi connectivity index (χ4n) is 2.43. The summed E-state index contributed by atoms with van der Waals surface area (Å²) in [6, 6.07) is 8.54. The Balaban J connectivity index is 2.01. The fourth-order valence-corrected chi connectivity index (χ4v) is 2.97. The molecule has 8 heteroatoms. The van der Waals surface area contributed by atoms with Crippen molar-refractivity contribution in [1.82, 2.24) is 0 Å². The Morgan fingerprint density at radius 2 is 1.78 bits per heavy atom. The summed E-state index contributed by atoms with van der Waals surface area (Å²) in [4.78, 5) is 36.1. The molecule has 0 aliphatic carbocycles. The molecule has 0 unspecified atom stereocenters. The molecule has 0 amide bonds. The molecular weight excluding hydrogens is 395 g/mol. The van der Waals surface area contributed by atoms with Gasteiger partial charge in [-0.3, -0.25) is 4.79 Å². The number of ketones is 1. The first-order valence-corrected chi connectivity index (χ1v) is 8.40. The van der Waals surface area contributed by atoms with Crippen molar-refractivity contribution in [3.8, 4) is 11.5 Å². The van der Waals surface area contributed by atoms with E-state index < -0.39 is 11.6 Å². The molecule has 0 N–H and O–H groups in total. The summed E-state index contributed by atoms with van der Waals surface area (Å²) in [6.45, 7) is 1.40. The normalized spacial score (nSPS) is 10.7. The van der Waals surface area contributed by atoms with E-state index in [1.165, 1.54) is 50.4 Å². The zero-order chi connectivity index (χ0) is 19.7. The molecule has 138 valence electrons. The standard InChI is InChI=1S/C19H12Cl2O6/c1-9(22)10-3-4-15(16(7-10)25-2)26-18(23)13-6-11-5-12(20)8-14(21)17(11)27-19(13)24/h3-8H,1-2H3. The van der Waals surface area contributed by atoms with Gasteiger partial charge in [0.1, 0.15) is 5.56 Å². The first-order valence-electron chi connectivity index (χ1n) is 7.64. The molecule has 0 atom stereocenters. The van der Waals surface area contributed by atoms with Crippen LogP contribution in [0, 0.1) is 0 Å². The van der Waals surface area contributed by atoms with Crippen LogP contribution >= 0.6 is 23.2 Å². The number of benzene rings is 2. The van der Waals surface area contributed by atoms with Crippen LogP contribution in [0.2, 0.25) is 10.0 Å². The maximum absolute atomic E-state index is 12.5. The van der Waals surface area contributed by atoms with Gasteiger partial charge in [-0.05, 0) is 43.3 Å². The van der Waals surface area contributed by atoms with Gasteiger partial charge in [-0.2, -0.15) is 0 Å². The van der Waals surface area contributed by atoms with Gasteiger partial charge < -0.3 is 13.9 Å². The van der Waals surface area contributed by atoms with Gasteiger partial charge in [-0.15, -0.1) is 0 Å². The quantitative estimate of drug-likeness (QED) is 0.274. The number of methoxy groups -OCH3 is 1. The van der Waals surface area contributed by atoms with Crippen molar-refractivity contribution < 1.29 is 23.5 Å². The van der Waals surface area contributed by atoms with Gasteiger partial charge in [0.05, 0.1) is 12.1 Å². The Labute approximate surface area is 163 Å². The highest BCUT2D eigenvalue weighted by Crippen LogP contribution is 2.30. The highest BCUT2D eigenvalue weighted by atomic mass is 35.5. The van der Waals surface area contributed by atoms with Crippen molar-refractivity contribution in [3.63, 3.8) is 0 Å². The summed E-state index contributed by atoms with van der Waals surface area (Å²) in [5.74, 6) is -0.894. The molecule has 6 nitrogen and oxygen atoms in total. The van der Waals surface area contributed by atoms with Gasteiger partial charge in [0.25, 0.3) is 0 Å². The molecule has 0 spiro atoms. The third-order valence-corrected chi connectivity index (χ3v) is 4.24. The first kappa shape index (κ1) is 18.9. The molecule has 0 radical (unpaired) electrons. The number of ether oxygens (including phenoxy) is 2. The largest absolute Gasteiger partial charge is 0.493 e. The highest BCUT2D eigenvalue weighted by Gasteiger charge is 2.19. The number of carbonyl (C=O) groups is 2. The topological polar surface area (TPSA) is 82.8 Å². The molecule has 0 bridgehead atoms. The second-order valence-corrected chi connectivity index (χ2v) is 6.41. The lowest BCUT2D eigenvalue weighted by atomic mass is 10.1. The number of carbonyl (C=O) groups excluding carboxylic acids is 2. The van der Waals surface area contributed by atoms with Crippen LogP contribution in [0.1, 0.15) is 27.6 Å². The minimum Gasteiger partial charge on any atom is -0.493 e. The summed E-state index contributed by atoms with van der Waals surface area (Å²) in [5, 5.41) is 0.844. The van der Waals surface area contributed by atoms with E-state index in [4.69, 9.17) is 37.1 Å². The van der Waals surface area contributed by atoms with Gasteiger partial charge in [-0.1, -0.05) is 23.2 Å². The van der Waals surface area contributed by atoms with Crippen molar-refractivity contribution in [3.05, 3.63) is 68.0 Å². The van der Waals surface area contributed by atoms with Crippen LogP contribution in [0.4, 0.5) is 0 Å². The number of halogens is 2. The van der Waals surface area contributed by atoms with Crippen LogP contribution in [0.3, 0.4) is 0 Å². The average Bonchev–Trinajstić information content (AvgIpc) is 2.61. The third-order valence-electron chi connectivity index (χ3n) is 3.74. The lowest BCUT2D eigenvalue weighted by Crippen LogP contribution is -2.19. The van der Waals surface area contributed by atoms with E-state index in [-0.39, 0.29) is 33.5 Å². The van der Waals surface area contributed by atoms with E-state index in [0.717, 1.165) is 0 Å². The SMILES string of the molecule is COc1cc(C(C)=O)ccc1OC(=O)c1cc2cc(Cl)cc(Cl)c2oc1=O. The minimum absolute atomic E-state index is 0.0520. The highest BCUT2D eigenvalue weighted by molar-refractivity contribution is 6.38. The van der Waals surface area contributed by atoms with Gasteiger partial charge in [0.15, 0.2) is 22.9 Å². The molecule has 3 aromatic rings. The summed E-state index contributed by atoms with van der Waals surface area (Å²) < 4.78 is 15.5. The molecule has 0 aliphatic heterocycles. The van der Waals surface area contributed by atoms with Crippen LogP contribution in [0.25, 0.3) is 11.0 Å². The molecule has 0 aliphatic rings. The van der Waals surface area contributed by atoms with E-state index >= 15 is 0 Å². The Kier molecular flexibility index (Phi) is 5.21. The van der Waals surface area contributed by atoms with Crippen LogP contribution in [0.5, 0.6) is 11.5 Å². The van der Waals surface area contributed by atoms with Gasteiger partial charge in [0, 0.05) is 16.0 Å². The zero-order valence-electron chi connectivity index (χ0n) is 14.2. The predicted octanol–water partition coefficient (Wildman–Crippen LogP) is 4.53. The van der Waals surface area contributed by atoms with Crippen LogP contribution in [0.15, 0.2) is 45.6 Å². The summed E-state index contributed by atoms with van der Waals surface area (Å²) in [6.07, 6.45) is 0. The number of hydrogen-bond acceptors (Lipinski definition) is 6. The second kappa shape index (κ2) is 7.42. The molecule has 0 saturated carbocycles. The van der Waals surface area contributed by atoms with E-state index in [1.807, 2.05) is 0 Å². The van der Waals surface area contributed by atoms with Crippen molar-refractivity contribution in [2.24, 2.45) is 0 Å². The van der Waals surface area contributed by atoms with E-state index in [9.17, 15) is 14.4 Å². The number of fused-ring (bicyclic) bond motifs is 1. The molecule has 0 saturated heterocycles. The molecule has 1 heterocycles. The first-order chi connectivity index (χ1) is 12.8. The van der Waals surface area contributed by atoms with E-state index in [2.05, 4.69) is 0 Å². The third kappa shape index (κ3) is 3.82. The second-order valence-electron chi connectivity index (χ2n) is 5.56. The van der Waals surface area contributed by atoms with E-state index in [0.29, 0.717) is 16.0 Å². The number of rotatable bonds is 4. The number of hydrogen-bond donors (Lipinski definition) is 0. The maximum atomic E-state index is 12.5. The number of esters is 1. The minimum atomic E-state index is -0.948. The van der Waals surface area contributed by atoms with Crippen LogP contribution in [-0.4, -0.2) is 18.9 Å². The van der Waals surface area contributed by atoms with Crippen molar-refractivity contribution in [1.29, 1.82) is 0 Å². The molecule has 27 heavy (non-hydrogen) atoms. The lowest BCUT2D eigenvalue weighted by molar-refractivity contribution is 0.0725. The van der Waals surface area contributed by atoms with Gasteiger partial charge in [-0.25, -0.2) is 9.59 Å². The van der Waals surface area contributed by atoms with Crippen molar-refractivity contribution in [2.75, 3.05) is 7.11 Å². The zero-order valence-corrected chi connectivity index (χ0v) is 15.7. The Morgan fingerprint density at radius 1 is 1.04 bits per heavy atom. The monoisotopic (exact) mass is 406 g/mol. The Bertz CT molecular complexity index is 1130. The summed E-state index contributed by atoms with van der Waals surface area (Å²) >= 11 is 11.9. The molecule has 3 rings (SSSR count). The fraction of sp³-hybridized carbons (Fsp3) is 0.105. The van der Waals surface area contributed by atoms with Gasteiger partial charge >= 0.3 is 11.6 Å². The maximum Gasteiger partial charge on any atom is 0.351 e. The van der Waals surface area contributed by atoms with Gasteiger partial charge in [0.2, 0.25) is 0 Å². The smallest absolute Gasteiger partial charge is 0.351 e. The Morgan fingerprint density at radius 3 is 2.44 bits per heavy atom. The lowest BCUT2D eigenvalue weighted by Gasteiger charge is -2.10. The summed E-state index contributed by atoms with van der Waals surface area (Å²) in [7, 11) is 1.37.